The van der Waals surface area contributed by atoms with Gasteiger partial charge in [0.05, 0.1) is 9.95 Å². The first-order chi connectivity index (χ1) is 9.99. The molecule has 21 heavy (non-hydrogen) atoms. The molecule has 1 heterocycles. The van der Waals surface area contributed by atoms with Gasteiger partial charge in [0.2, 0.25) is 0 Å². The smallest absolute Gasteiger partial charge is 0.407 e. The molecule has 0 spiro atoms. The van der Waals surface area contributed by atoms with Crippen molar-refractivity contribution in [1.29, 1.82) is 0 Å². The second-order valence-corrected chi connectivity index (χ2v) is 5.36. The van der Waals surface area contributed by atoms with Crippen molar-refractivity contribution in [2.45, 2.75) is 25.3 Å². The molecule has 1 fully saturated rings. The quantitative estimate of drug-likeness (QED) is 0.660. The third-order valence-corrected chi connectivity index (χ3v) is 3.79. The summed E-state index contributed by atoms with van der Waals surface area (Å²) in [4.78, 5) is 23.0. The van der Waals surface area contributed by atoms with E-state index in [1.807, 2.05) is 0 Å². The molecule has 1 aromatic rings. The van der Waals surface area contributed by atoms with E-state index in [1.165, 1.54) is 17.0 Å². The Kier molecular flexibility index (Phi) is 4.85. The summed E-state index contributed by atoms with van der Waals surface area (Å²) in [7, 11) is 0. The van der Waals surface area contributed by atoms with Gasteiger partial charge in [0.25, 0.3) is 5.69 Å². The summed E-state index contributed by atoms with van der Waals surface area (Å²) < 4.78 is 0. The minimum absolute atomic E-state index is 0.103. The van der Waals surface area contributed by atoms with Gasteiger partial charge < -0.3 is 15.3 Å². The lowest BCUT2D eigenvalue weighted by atomic mass is 10.1. The van der Waals surface area contributed by atoms with Crippen LogP contribution in [0.1, 0.15) is 19.3 Å². The highest BCUT2D eigenvalue weighted by Gasteiger charge is 2.25. The average molecular weight is 314 g/mol. The SMILES string of the molecule is O=C(O)N1CCCCC(Nc2c(Cl)cccc2[N+](=O)[O-])C1. The lowest BCUT2D eigenvalue weighted by molar-refractivity contribution is -0.384. The third kappa shape index (κ3) is 3.75. The molecular weight excluding hydrogens is 298 g/mol. The highest BCUT2D eigenvalue weighted by molar-refractivity contribution is 6.33. The molecule has 0 aliphatic carbocycles. The van der Waals surface area contributed by atoms with Gasteiger partial charge in [-0.2, -0.15) is 0 Å². The summed E-state index contributed by atoms with van der Waals surface area (Å²) >= 11 is 6.04. The van der Waals surface area contributed by atoms with Crippen LogP contribution in [0, 0.1) is 10.1 Å². The Bertz CT molecular complexity index is 552. The topological polar surface area (TPSA) is 95.7 Å². The van der Waals surface area contributed by atoms with Crippen molar-refractivity contribution < 1.29 is 14.8 Å². The fourth-order valence-corrected chi connectivity index (χ4v) is 2.67. The second-order valence-electron chi connectivity index (χ2n) is 4.96. The fourth-order valence-electron chi connectivity index (χ4n) is 2.45. The minimum Gasteiger partial charge on any atom is -0.465 e. The van der Waals surface area contributed by atoms with E-state index >= 15 is 0 Å². The number of benzene rings is 1. The molecule has 1 atom stereocenters. The third-order valence-electron chi connectivity index (χ3n) is 3.48. The number of nitro benzene ring substituents is 1. The lowest BCUT2D eigenvalue weighted by Crippen LogP contribution is -2.38. The van der Waals surface area contributed by atoms with Crippen LogP contribution in [0.3, 0.4) is 0 Å². The molecule has 2 rings (SSSR count). The monoisotopic (exact) mass is 313 g/mol. The van der Waals surface area contributed by atoms with Crippen molar-refractivity contribution >= 4 is 29.1 Å². The molecule has 1 aliphatic heterocycles. The molecular formula is C13H16ClN3O4. The number of hydrogen-bond acceptors (Lipinski definition) is 4. The maximum atomic E-state index is 11.1. The van der Waals surface area contributed by atoms with Crippen LogP contribution in [0.25, 0.3) is 0 Å². The van der Waals surface area contributed by atoms with Gasteiger partial charge in [0.1, 0.15) is 5.69 Å². The molecule has 1 amide bonds. The molecule has 1 unspecified atom stereocenters. The summed E-state index contributed by atoms with van der Waals surface area (Å²) in [5.41, 5.74) is 0.148. The first-order valence-corrected chi connectivity index (χ1v) is 7.04. The second kappa shape index (κ2) is 6.62. The van der Waals surface area contributed by atoms with Gasteiger partial charge in [-0.3, -0.25) is 10.1 Å². The Balaban J connectivity index is 2.20. The lowest BCUT2D eigenvalue weighted by Gasteiger charge is -2.23. The molecule has 0 bridgehead atoms. The summed E-state index contributed by atoms with van der Waals surface area (Å²) in [6, 6.07) is 4.27. The van der Waals surface area contributed by atoms with Crippen LogP contribution >= 0.6 is 11.6 Å². The van der Waals surface area contributed by atoms with Crippen LogP contribution in [0.4, 0.5) is 16.2 Å². The molecule has 1 aliphatic rings. The van der Waals surface area contributed by atoms with Crippen molar-refractivity contribution in [1.82, 2.24) is 4.90 Å². The Morgan fingerprint density at radius 2 is 2.24 bits per heavy atom. The molecule has 1 aromatic carbocycles. The van der Waals surface area contributed by atoms with E-state index in [9.17, 15) is 14.9 Å². The zero-order valence-electron chi connectivity index (χ0n) is 11.3. The van der Waals surface area contributed by atoms with Gasteiger partial charge in [-0.05, 0) is 25.3 Å². The number of likely N-dealkylation sites (tertiary alicyclic amines) is 1. The maximum absolute atomic E-state index is 11.1. The zero-order valence-corrected chi connectivity index (χ0v) is 12.0. The van der Waals surface area contributed by atoms with Crippen molar-refractivity contribution in [2.24, 2.45) is 0 Å². The number of para-hydroxylation sites is 1. The van der Waals surface area contributed by atoms with Crippen LogP contribution in [0.5, 0.6) is 0 Å². The molecule has 2 N–H and O–H groups in total. The first-order valence-electron chi connectivity index (χ1n) is 6.66. The molecule has 7 nitrogen and oxygen atoms in total. The molecule has 0 radical (unpaired) electrons. The number of carboxylic acid groups (broad SMARTS) is 1. The van der Waals surface area contributed by atoms with E-state index in [1.54, 1.807) is 6.07 Å². The predicted molar refractivity (Wildman–Crippen MR) is 79.0 cm³/mol. The summed E-state index contributed by atoms with van der Waals surface area (Å²) in [6.07, 6.45) is 1.42. The van der Waals surface area contributed by atoms with E-state index in [4.69, 9.17) is 16.7 Å². The van der Waals surface area contributed by atoms with Crippen LogP contribution in [-0.4, -0.2) is 40.2 Å². The van der Waals surface area contributed by atoms with E-state index in [0.717, 1.165) is 19.3 Å². The molecule has 0 aromatic heterocycles. The van der Waals surface area contributed by atoms with E-state index in [0.29, 0.717) is 6.54 Å². The number of carbonyl (C=O) groups is 1. The van der Waals surface area contributed by atoms with E-state index < -0.39 is 11.0 Å². The standard InChI is InChI=1S/C13H16ClN3O4/c14-10-5-3-6-11(17(20)21)12(10)15-9-4-1-2-7-16(8-9)13(18)19/h3,5-6,9,15H,1-2,4,7-8H2,(H,18,19). The van der Waals surface area contributed by atoms with Crippen LogP contribution in [0.2, 0.25) is 5.02 Å². The highest BCUT2D eigenvalue weighted by atomic mass is 35.5. The van der Waals surface area contributed by atoms with Crippen molar-refractivity contribution in [3.63, 3.8) is 0 Å². The summed E-state index contributed by atoms with van der Waals surface area (Å²) in [5.74, 6) is 0. The molecule has 1 saturated heterocycles. The van der Waals surface area contributed by atoms with Crippen molar-refractivity contribution in [3.05, 3.63) is 33.3 Å². The van der Waals surface area contributed by atoms with Crippen LogP contribution < -0.4 is 5.32 Å². The van der Waals surface area contributed by atoms with Gasteiger partial charge in [0, 0.05) is 25.2 Å². The Morgan fingerprint density at radius 3 is 2.90 bits per heavy atom. The summed E-state index contributed by atoms with van der Waals surface area (Å²) in [6.45, 7) is 0.774. The normalized spacial score (nSPS) is 18.9. The average Bonchev–Trinajstić information content (AvgIpc) is 2.66. The Morgan fingerprint density at radius 1 is 1.48 bits per heavy atom. The van der Waals surface area contributed by atoms with E-state index in [2.05, 4.69) is 5.32 Å². The molecule has 0 saturated carbocycles. The number of nitrogens with one attached hydrogen (secondary N) is 1. The first kappa shape index (κ1) is 15.4. The van der Waals surface area contributed by atoms with E-state index in [-0.39, 0.29) is 29.0 Å². The van der Waals surface area contributed by atoms with Crippen LogP contribution in [0.15, 0.2) is 18.2 Å². The zero-order chi connectivity index (χ0) is 15.4. The van der Waals surface area contributed by atoms with Crippen molar-refractivity contribution in [2.75, 3.05) is 18.4 Å². The number of halogens is 1. The van der Waals surface area contributed by atoms with Gasteiger partial charge in [-0.1, -0.05) is 17.7 Å². The van der Waals surface area contributed by atoms with Crippen molar-refractivity contribution in [3.8, 4) is 0 Å². The Labute approximate surface area is 126 Å². The van der Waals surface area contributed by atoms with Gasteiger partial charge in [-0.15, -0.1) is 0 Å². The predicted octanol–water partition coefficient (Wildman–Crippen LogP) is 3.19. The van der Waals surface area contributed by atoms with Crippen LogP contribution in [-0.2, 0) is 0 Å². The maximum Gasteiger partial charge on any atom is 0.407 e. The number of nitrogens with zero attached hydrogens (tertiary/aromatic N) is 2. The number of anilines is 1. The largest absolute Gasteiger partial charge is 0.465 e. The van der Waals surface area contributed by atoms with Gasteiger partial charge >= 0.3 is 6.09 Å². The van der Waals surface area contributed by atoms with Gasteiger partial charge in [0.15, 0.2) is 0 Å². The Hall–Kier alpha value is -2.02. The molecule has 8 heteroatoms. The molecule has 114 valence electrons. The van der Waals surface area contributed by atoms with Gasteiger partial charge in [-0.25, -0.2) is 4.79 Å². The number of rotatable bonds is 3. The number of nitro groups is 1. The fraction of sp³-hybridized carbons (Fsp3) is 0.462. The summed E-state index contributed by atoms with van der Waals surface area (Å²) in [5, 5.41) is 23.5. The highest BCUT2D eigenvalue weighted by Crippen LogP contribution is 2.33. The number of amides is 1. The minimum atomic E-state index is -0.975. The number of hydrogen-bond donors (Lipinski definition) is 2.